The number of carbonyl (C=O) groups excluding carboxylic acids is 1. The third-order valence-corrected chi connectivity index (χ3v) is 2.93. The Morgan fingerprint density at radius 3 is 2.10 bits per heavy atom. The van der Waals surface area contributed by atoms with Gasteiger partial charge in [0.1, 0.15) is 5.82 Å². The lowest BCUT2D eigenvalue weighted by molar-refractivity contribution is -0.137. The molecule has 0 aliphatic rings. The Kier molecular flexibility index (Phi) is 3.81. The highest BCUT2D eigenvalue weighted by molar-refractivity contribution is 6.67. The summed E-state index contributed by atoms with van der Waals surface area (Å²) in [5, 5.41) is -0.971. The van der Waals surface area contributed by atoms with E-state index in [4.69, 9.17) is 11.6 Å². The standard InChI is InChI=1S/C14H7ClF4O/c15-13(20)9-3-6-11(12(7-9)14(17,18)19)8-1-4-10(16)5-2-8/h1-7H. The maximum Gasteiger partial charge on any atom is 0.417 e. The van der Waals surface area contributed by atoms with E-state index in [2.05, 4.69) is 0 Å². The van der Waals surface area contributed by atoms with Crippen molar-refractivity contribution in [2.45, 2.75) is 6.18 Å². The molecular formula is C14H7ClF4O. The van der Waals surface area contributed by atoms with Gasteiger partial charge >= 0.3 is 6.18 Å². The van der Waals surface area contributed by atoms with Crippen LogP contribution in [0.3, 0.4) is 0 Å². The summed E-state index contributed by atoms with van der Waals surface area (Å²) in [7, 11) is 0. The lowest BCUT2D eigenvalue weighted by Crippen LogP contribution is -2.08. The summed E-state index contributed by atoms with van der Waals surface area (Å²) in [6.45, 7) is 0. The van der Waals surface area contributed by atoms with Gasteiger partial charge in [0.05, 0.1) is 5.56 Å². The van der Waals surface area contributed by atoms with E-state index in [9.17, 15) is 22.4 Å². The van der Waals surface area contributed by atoms with Crippen molar-refractivity contribution in [1.82, 2.24) is 0 Å². The predicted molar refractivity (Wildman–Crippen MR) is 67.0 cm³/mol. The summed E-state index contributed by atoms with van der Waals surface area (Å²) >= 11 is 5.19. The number of hydrogen-bond donors (Lipinski definition) is 0. The third-order valence-electron chi connectivity index (χ3n) is 2.71. The second kappa shape index (κ2) is 5.25. The van der Waals surface area contributed by atoms with Crippen LogP contribution in [0.2, 0.25) is 0 Å². The van der Waals surface area contributed by atoms with Crippen LogP contribution in [-0.2, 0) is 6.18 Å². The lowest BCUT2D eigenvalue weighted by atomic mass is 9.97. The van der Waals surface area contributed by atoms with Crippen LogP contribution >= 0.6 is 11.6 Å². The molecule has 104 valence electrons. The van der Waals surface area contributed by atoms with Gasteiger partial charge in [-0.15, -0.1) is 0 Å². The molecule has 0 unspecified atom stereocenters. The molecule has 0 fully saturated rings. The fourth-order valence-corrected chi connectivity index (χ4v) is 1.90. The van der Waals surface area contributed by atoms with E-state index in [1.807, 2.05) is 0 Å². The van der Waals surface area contributed by atoms with Gasteiger partial charge in [0.25, 0.3) is 5.24 Å². The molecule has 0 saturated heterocycles. The zero-order valence-corrected chi connectivity index (χ0v) is 10.6. The normalized spacial score (nSPS) is 11.4. The molecule has 0 radical (unpaired) electrons. The van der Waals surface area contributed by atoms with Gasteiger partial charge in [-0.05, 0) is 47.0 Å². The minimum absolute atomic E-state index is 0.140. The first-order chi connectivity index (χ1) is 9.29. The lowest BCUT2D eigenvalue weighted by Gasteiger charge is -2.14. The summed E-state index contributed by atoms with van der Waals surface area (Å²) in [5.41, 5.74) is -1.17. The van der Waals surface area contributed by atoms with Crippen molar-refractivity contribution in [2.75, 3.05) is 0 Å². The molecule has 2 aromatic rings. The number of halogens is 5. The van der Waals surface area contributed by atoms with Gasteiger partial charge in [0, 0.05) is 5.56 Å². The van der Waals surface area contributed by atoms with E-state index in [0.29, 0.717) is 6.07 Å². The van der Waals surface area contributed by atoms with Crippen molar-refractivity contribution in [1.29, 1.82) is 0 Å². The SMILES string of the molecule is O=C(Cl)c1ccc(-c2ccc(F)cc2)c(C(F)(F)F)c1. The highest BCUT2D eigenvalue weighted by Gasteiger charge is 2.34. The van der Waals surface area contributed by atoms with Crippen LogP contribution in [0.1, 0.15) is 15.9 Å². The van der Waals surface area contributed by atoms with E-state index in [-0.39, 0.29) is 16.7 Å². The largest absolute Gasteiger partial charge is 0.417 e. The summed E-state index contributed by atoms with van der Waals surface area (Å²) in [6.07, 6.45) is -4.65. The monoisotopic (exact) mass is 302 g/mol. The zero-order valence-electron chi connectivity index (χ0n) is 9.84. The number of alkyl halides is 3. The van der Waals surface area contributed by atoms with Crippen LogP contribution in [0.5, 0.6) is 0 Å². The summed E-state index contributed by atoms with van der Waals surface area (Å²) in [5.74, 6) is -0.546. The first kappa shape index (κ1) is 14.5. The molecule has 2 aromatic carbocycles. The van der Waals surface area contributed by atoms with Gasteiger partial charge in [-0.25, -0.2) is 4.39 Å². The Bertz CT molecular complexity index is 647. The molecule has 1 nitrogen and oxygen atoms in total. The minimum atomic E-state index is -4.65. The van der Waals surface area contributed by atoms with Crippen LogP contribution in [0.25, 0.3) is 11.1 Å². The Labute approximate surface area is 116 Å². The highest BCUT2D eigenvalue weighted by Crippen LogP contribution is 2.37. The Morgan fingerprint density at radius 1 is 1.00 bits per heavy atom. The predicted octanol–water partition coefficient (Wildman–Crippen LogP) is 4.89. The molecule has 0 saturated carbocycles. The van der Waals surface area contributed by atoms with Gasteiger partial charge in [-0.3, -0.25) is 4.79 Å². The van der Waals surface area contributed by atoms with E-state index in [1.54, 1.807) is 0 Å². The molecule has 0 spiro atoms. The van der Waals surface area contributed by atoms with Crippen LogP contribution in [-0.4, -0.2) is 5.24 Å². The summed E-state index contributed by atoms with van der Waals surface area (Å²) in [6, 6.07) is 7.64. The van der Waals surface area contributed by atoms with Crippen LogP contribution in [0.4, 0.5) is 17.6 Å². The van der Waals surface area contributed by atoms with E-state index in [0.717, 1.165) is 18.2 Å². The molecule has 20 heavy (non-hydrogen) atoms. The van der Waals surface area contributed by atoms with Crippen molar-refractivity contribution in [3.63, 3.8) is 0 Å². The second-order valence-electron chi connectivity index (χ2n) is 4.04. The smallest absolute Gasteiger partial charge is 0.276 e. The average Bonchev–Trinajstić information content (AvgIpc) is 2.38. The van der Waals surface area contributed by atoms with Crippen molar-refractivity contribution in [3.05, 3.63) is 59.4 Å². The van der Waals surface area contributed by atoms with Gasteiger partial charge in [-0.2, -0.15) is 13.2 Å². The van der Waals surface area contributed by atoms with Crippen LogP contribution < -0.4 is 0 Å². The first-order valence-corrected chi connectivity index (χ1v) is 5.84. The molecule has 0 atom stereocenters. The first-order valence-electron chi connectivity index (χ1n) is 5.46. The Morgan fingerprint density at radius 2 is 1.60 bits per heavy atom. The molecule has 0 aliphatic carbocycles. The Hall–Kier alpha value is -1.88. The molecule has 0 aliphatic heterocycles. The summed E-state index contributed by atoms with van der Waals surface area (Å²) in [4.78, 5) is 11.0. The van der Waals surface area contributed by atoms with Gasteiger partial charge in [0.2, 0.25) is 0 Å². The number of hydrogen-bond acceptors (Lipinski definition) is 1. The number of benzene rings is 2. The molecule has 2 rings (SSSR count). The number of carbonyl (C=O) groups is 1. The van der Waals surface area contributed by atoms with E-state index < -0.39 is 22.8 Å². The second-order valence-corrected chi connectivity index (χ2v) is 4.38. The van der Waals surface area contributed by atoms with Gasteiger partial charge in [0.15, 0.2) is 0 Å². The average molecular weight is 303 g/mol. The molecule has 0 aromatic heterocycles. The zero-order chi connectivity index (χ0) is 14.9. The number of rotatable bonds is 2. The molecular weight excluding hydrogens is 296 g/mol. The maximum absolute atomic E-state index is 13.0. The van der Waals surface area contributed by atoms with Crippen molar-refractivity contribution in [2.24, 2.45) is 0 Å². The fourth-order valence-electron chi connectivity index (χ4n) is 1.78. The quantitative estimate of drug-likeness (QED) is 0.570. The fraction of sp³-hybridized carbons (Fsp3) is 0.0714. The molecule has 0 heterocycles. The van der Waals surface area contributed by atoms with Gasteiger partial charge < -0.3 is 0 Å². The topological polar surface area (TPSA) is 17.1 Å². The van der Waals surface area contributed by atoms with Crippen LogP contribution in [0, 0.1) is 5.82 Å². The van der Waals surface area contributed by atoms with Crippen molar-refractivity contribution in [3.8, 4) is 11.1 Å². The summed E-state index contributed by atoms with van der Waals surface area (Å²) < 4.78 is 51.9. The molecule has 0 N–H and O–H groups in total. The van der Waals surface area contributed by atoms with Crippen molar-refractivity contribution < 1.29 is 22.4 Å². The molecule has 6 heteroatoms. The molecule has 0 bridgehead atoms. The van der Waals surface area contributed by atoms with E-state index >= 15 is 0 Å². The third kappa shape index (κ3) is 2.99. The maximum atomic E-state index is 13.0. The minimum Gasteiger partial charge on any atom is -0.276 e. The van der Waals surface area contributed by atoms with Gasteiger partial charge in [-0.1, -0.05) is 18.2 Å². The van der Waals surface area contributed by atoms with Crippen molar-refractivity contribution >= 4 is 16.8 Å². The van der Waals surface area contributed by atoms with E-state index in [1.165, 1.54) is 18.2 Å². The Balaban J connectivity index is 2.63. The van der Waals surface area contributed by atoms with Crippen LogP contribution in [0.15, 0.2) is 42.5 Å². The molecule has 0 amide bonds. The highest BCUT2D eigenvalue weighted by atomic mass is 35.5.